The minimum Gasteiger partial charge on any atom is -0.620 e. The number of benzene rings is 1. The number of nitrogens with one attached hydrogen (secondary N) is 2. The van der Waals surface area contributed by atoms with E-state index in [1.165, 1.54) is 5.56 Å². The first kappa shape index (κ1) is 15.0. The van der Waals surface area contributed by atoms with Crippen LogP contribution in [0.4, 0.5) is 10.5 Å². The minimum atomic E-state index is -0.364. The van der Waals surface area contributed by atoms with Crippen LogP contribution in [0.15, 0.2) is 18.2 Å². The molecule has 6 nitrogen and oxygen atoms in total. The summed E-state index contributed by atoms with van der Waals surface area (Å²) in [6, 6.07) is 5.69. The average molecular weight is 445 g/mol. The van der Waals surface area contributed by atoms with Crippen LogP contribution in [-0.2, 0) is 31.6 Å². The van der Waals surface area contributed by atoms with Crippen LogP contribution in [0.2, 0.25) is 0 Å². The standard InChI is InChI=1S/C13H15N4O2.Re/c1-2-8-3-4-9-10(7-8)15-16-12(9)17-6-5-11(18)14-13(17)19;/h3-4,7,12,16H,2,5-6H2,1H3,(H,14,18,19);/q-1;. The molecule has 1 saturated heterocycles. The number of carbonyl (C=O) groups is 2. The van der Waals surface area contributed by atoms with Gasteiger partial charge in [0.2, 0.25) is 5.91 Å². The van der Waals surface area contributed by atoms with E-state index in [1.54, 1.807) is 4.90 Å². The Kier molecular flexibility index (Phi) is 4.43. The van der Waals surface area contributed by atoms with Crippen LogP contribution in [0.1, 0.15) is 30.6 Å². The van der Waals surface area contributed by atoms with E-state index in [2.05, 4.69) is 23.1 Å². The number of rotatable bonds is 2. The fraction of sp³-hybridized carbons (Fsp3) is 0.385. The van der Waals surface area contributed by atoms with Crippen LogP contribution in [0, 0.1) is 0 Å². The predicted octanol–water partition coefficient (Wildman–Crippen LogP) is 1.71. The van der Waals surface area contributed by atoms with Gasteiger partial charge in [0, 0.05) is 33.4 Å². The summed E-state index contributed by atoms with van der Waals surface area (Å²) in [5, 5.41) is 2.33. The van der Waals surface area contributed by atoms with E-state index in [9.17, 15) is 9.59 Å². The summed E-state index contributed by atoms with van der Waals surface area (Å²) in [4.78, 5) is 24.6. The van der Waals surface area contributed by atoms with Crippen molar-refractivity contribution in [3.8, 4) is 0 Å². The maximum absolute atomic E-state index is 11.8. The zero-order chi connectivity index (χ0) is 13.4. The van der Waals surface area contributed by atoms with Crippen LogP contribution in [0.25, 0.3) is 5.43 Å². The number of fused-ring (bicyclic) bond motifs is 1. The number of hydrogen-bond donors (Lipinski definition) is 2. The minimum absolute atomic E-state index is 0. The molecule has 2 aliphatic rings. The van der Waals surface area contributed by atoms with Gasteiger partial charge in [-0.3, -0.25) is 10.1 Å². The Morgan fingerprint density at radius 3 is 2.90 bits per heavy atom. The van der Waals surface area contributed by atoms with Crippen LogP contribution in [0.5, 0.6) is 0 Å². The van der Waals surface area contributed by atoms with E-state index in [4.69, 9.17) is 0 Å². The maximum Gasteiger partial charge on any atom is 0.325 e. The quantitative estimate of drug-likeness (QED) is 0.728. The van der Waals surface area contributed by atoms with Crippen molar-refractivity contribution in [1.29, 1.82) is 0 Å². The first-order chi connectivity index (χ1) is 9.19. The second-order valence-corrected chi connectivity index (χ2v) is 4.69. The van der Waals surface area contributed by atoms with E-state index in [1.807, 2.05) is 18.2 Å². The molecule has 2 N–H and O–H groups in total. The third-order valence-corrected chi connectivity index (χ3v) is 3.50. The molecule has 0 saturated carbocycles. The number of imide groups is 1. The van der Waals surface area contributed by atoms with Crippen molar-refractivity contribution < 1.29 is 30.0 Å². The summed E-state index contributed by atoms with van der Waals surface area (Å²) in [6.45, 7) is 2.50. The van der Waals surface area contributed by atoms with Gasteiger partial charge in [-0.05, 0) is 17.5 Å². The van der Waals surface area contributed by atoms with E-state index < -0.39 is 0 Å². The van der Waals surface area contributed by atoms with E-state index in [0.717, 1.165) is 17.7 Å². The molecule has 2 aliphatic heterocycles. The van der Waals surface area contributed by atoms with Gasteiger partial charge in [0.05, 0.1) is 6.17 Å². The van der Waals surface area contributed by atoms with Gasteiger partial charge >= 0.3 is 6.03 Å². The van der Waals surface area contributed by atoms with Gasteiger partial charge in [0.25, 0.3) is 0 Å². The molecule has 1 unspecified atom stereocenters. The predicted molar refractivity (Wildman–Crippen MR) is 69.6 cm³/mol. The van der Waals surface area contributed by atoms with Gasteiger partial charge in [0.1, 0.15) is 0 Å². The fourth-order valence-electron chi connectivity index (χ4n) is 2.40. The van der Waals surface area contributed by atoms with Crippen LogP contribution < -0.4 is 10.7 Å². The Balaban J connectivity index is 0.00000147. The van der Waals surface area contributed by atoms with Gasteiger partial charge in [-0.2, -0.15) is 0 Å². The SMILES string of the molecule is CCc1ccc2c(c1)[N-]NC2N1CCC(=O)NC1=O.[Re]. The molecule has 1 fully saturated rings. The Morgan fingerprint density at radius 1 is 1.40 bits per heavy atom. The molecule has 1 aromatic carbocycles. The monoisotopic (exact) mass is 446 g/mol. The number of aryl methyl sites for hydroxylation is 1. The maximum atomic E-state index is 11.8. The van der Waals surface area contributed by atoms with E-state index in [-0.39, 0.29) is 38.5 Å². The second-order valence-electron chi connectivity index (χ2n) is 4.69. The molecular formula is C13H15N4O2Re-. The summed E-state index contributed by atoms with van der Waals surface area (Å²) in [7, 11) is 0. The number of hydrogen-bond acceptors (Lipinski definition) is 3. The topological polar surface area (TPSA) is 75.5 Å². The van der Waals surface area contributed by atoms with Crippen molar-refractivity contribution in [2.75, 3.05) is 6.54 Å². The van der Waals surface area contributed by atoms with Crippen molar-refractivity contribution in [3.63, 3.8) is 0 Å². The van der Waals surface area contributed by atoms with Crippen molar-refractivity contribution >= 4 is 17.6 Å². The normalized spacial score (nSPS) is 20.9. The molecule has 2 heterocycles. The van der Waals surface area contributed by atoms with Crippen LogP contribution >= 0.6 is 0 Å². The number of urea groups is 1. The molecular weight excluding hydrogens is 430 g/mol. The molecule has 1 radical (unpaired) electrons. The molecule has 7 heteroatoms. The molecule has 0 aromatic heterocycles. The van der Waals surface area contributed by atoms with E-state index in [0.29, 0.717) is 13.0 Å². The van der Waals surface area contributed by atoms with Gasteiger partial charge < -0.3 is 15.8 Å². The Bertz CT molecular complexity index is 549. The summed E-state index contributed by atoms with van der Waals surface area (Å²) in [5.41, 5.74) is 10.3. The third kappa shape index (κ3) is 2.57. The molecule has 107 valence electrons. The van der Waals surface area contributed by atoms with Crippen molar-refractivity contribution in [3.05, 3.63) is 34.8 Å². The zero-order valence-corrected chi connectivity index (χ0v) is 13.7. The molecule has 1 aromatic rings. The number of carbonyl (C=O) groups excluding carboxylic acids is 2. The molecule has 1 atom stereocenters. The van der Waals surface area contributed by atoms with Crippen LogP contribution in [0.3, 0.4) is 0 Å². The summed E-state index contributed by atoms with van der Waals surface area (Å²) < 4.78 is 0. The second kappa shape index (κ2) is 5.92. The Morgan fingerprint density at radius 2 is 2.20 bits per heavy atom. The first-order valence-corrected chi connectivity index (χ1v) is 6.38. The Hall–Kier alpha value is -1.42. The van der Waals surface area contributed by atoms with Gasteiger partial charge in [-0.15, -0.1) is 5.69 Å². The Labute approximate surface area is 130 Å². The largest absolute Gasteiger partial charge is 0.620 e. The third-order valence-electron chi connectivity index (χ3n) is 3.50. The van der Waals surface area contributed by atoms with E-state index >= 15 is 0 Å². The summed E-state index contributed by atoms with van der Waals surface area (Å²) >= 11 is 0. The molecule has 0 spiro atoms. The van der Waals surface area contributed by atoms with Crippen molar-refractivity contribution in [1.82, 2.24) is 15.6 Å². The molecule has 0 bridgehead atoms. The van der Waals surface area contributed by atoms with Gasteiger partial charge in [-0.25, -0.2) is 4.79 Å². The first-order valence-electron chi connectivity index (χ1n) is 6.38. The van der Waals surface area contributed by atoms with Crippen molar-refractivity contribution in [2.45, 2.75) is 25.9 Å². The molecule has 3 rings (SSSR count). The van der Waals surface area contributed by atoms with Crippen molar-refractivity contribution in [2.24, 2.45) is 0 Å². The smallest absolute Gasteiger partial charge is 0.325 e. The van der Waals surface area contributed by atoms with Gasteiger partial charge in [0.15, 0.2) is 0 Å². The molecule has 3 amide bonds. The zero-order valence-electron chi connectivity index (χ0n) is 11.0. The average Bonchev–Trinajstić information content (AvgIpc) is 2.81. The summed E-state index contributed by atoms with van der Waals surface area (Å²) in [6.07, 6.45) is 0.993. The molecule has 20 heavy (non-hydrogen) atoms. The number of amides is 3. The summed E-state index contributed by atoms with van der Waals surface area (Å²) in [5.74, 6) is -0.224. The molecule has 0 aliphatic carbocycles. The van der Waals surface area contributed by atoms with Crippen LogP contribution in [-0.4, -0.2) is 23.4 Å². The number of nitrogens with zero attached hydrogens (tertiary/aromatic N) is 2. The fourth-order valence-corrected chi connectivity index (χ4v) is 2.40. The van der Waals surface area contributed by atoms with Gasteiger partial charge in [-0.1, -0.05) is 25.1 Å².